The van der Waals surface area contributed by atoms with Gasteiger partial charge in [-0.25, -0.2) is 0 Å². The number of aliphatic hydroxyl groups excluding tert-OH is 1. The highest BCUT2D eigenvalue weighted by Gasteiger charge is 2.13. The van der Waals surface area contributed by atoms with E-state index in [0.717, 1.165) is 0 Å². The molecular weight excluding hydrogens is 236 g/mol. The van der Waals surface area contributed by atoms with Crippen LogP contribution in [-0.2, 0) is 0 Å². The highest BCUT2D eigenvalue weighted by atomic mass is 16.3. The van der Waals surface area contributed by atoms with E-state index < -0.39 is 0 Å². The second-order valence-corrected chi connectivity index (χ2v) is 5.23. The minimum atomic E-state index is 0.203. The zero-order valence-electron chi connectivity index (χ0n) is 12.4. The standard InChI is InChI=1S/C16H30N2O/c1-2-3-4-5-6-7-8-9-10-11-16-17-12-13-18(16)14-15-19/h10-13,16-17,19H,2-9,14-15H2,1H3/b11-10+. The van der Waals surface area contributed by atoms with Crippen molar-refractivity contribution in [3.63, 3.8) is 0 Å². The molecule has 110 valence electrons. The molecule has 1 heterocycles. The number of hydrogen-bond acceptors (Lipinski definition) is 3. The molecule has 1 unspecified atom stereocenters. The second-order valence-electron chi connectivity index (χ2n) is 5.23. The first kappa shape index (κ1) is 16.1. The molecule has 3 heteroatoms. The lowest BCUT2D eigenvalue weighted by molar-refractivity contribution is 0.220. The number of rotatable bonds is 11. The summed E-state index contributed by atoms with van der Waals surface area (Å²) in [6, 6.07) is 0. The van der Waals surface area contributed by atoms with E-state index in [9.17, 15) is 0 Å². The van der Waals surface area contributed by atoms with Gasteiger partial charge in [0.05, 0.1) is 6.61 Å². The lowest BCUT2D eigenvalue weighted by Crippen LogP contribution is -2.35. The monoisotopic (exact) mass is 266 g/mol. The molecule has 0 amide bonds. The molecule has 0 aromatic rings. The van der Waals surface area contributed by atoms with E-state index in [0.29, 0.717) is 6.54 Å². The first-order valence-corrected chi connectivity index (χ1v) is 7.84. The van der Waals surface area contributed by atoms with Gasteiger partial charge in [0.2, 0.25) is 0 Å². The molecule has 1 atom stereocenters. The van der Waals surface area contributed by atoms with Crippen molar-refractivity contribution in [3.05, 3.63) is 24.6 Å². The molecule has 0 fully saturated rings. The fraction of sp³-hybridized carbons (Fsp3) is 0.750. The summed E-state index contributed by atoms with van der Waals surface area (Å²) < 4.78 is 0. The van der Waals surface area contributed by atoms with Crippen molar-refractivity contribution in [3.8, 4) is 0 Å². The molecule has 0 spiro atoms. The summed E-state index contributed by atoms with van der Waals surface area (Å²) in [5, 5.41) is 12.2. The number of aliphatic hydroxyl groups is 1. The van der Waals surface area contributed by atoms with Crippen molar-refractivity contribution in [2.75, 3.05) is 13.2 Å². The predicted molar refractivity (Wildman–Crippen MR) is 81.6 cm³/mol. The fourth-order valence-corrected chi connectivity index (χ4v) is 2.37. The number of allylic oxidation sites excluding steroid dienone is 1. The third-order valence-electron chi connectivity index (χ3n) is 3.54. The van der Waals surface area contributed by atoms with Crippen molar-refractivity contribution >= 4 is 0 Å². The van der Waals surface area contributed by atoms with Crippen LogP contribution in [0.2, 0.25) is 0 Å². The largest absolute Gasteiger partial charge is 0.395 e. The summed E-state index contributed by atoms with van der Waals surface area (Å²) >= 11 is 0. The number of nitrogens with zero attached hydrogens (tertiary/aromatic N) is 1. The van der Waals surface area contributed by atoms with Crippen molar-refractivity contribution in [2.45, 2.75) is 64.5 Å². The topological polar surface area (TPSA) is 35.5 Å². The van der Waals surface area contributed by atoms with Crippen LogP contribution in [0.3, 0.4) is 0 Å². The Hall–Kier alpha value is -0.960. The van der Waals surface area contributed by atoms with E-state index in [2.05, 4.69) is 29.3 Å². The summed E-state index contributed by atoms with van der Waals surface area (Å²) in [5.74, 6) is 0. The molecule has 0 aromatic heterocycles. The average molecular weight is 266 g/mol. The van der Waals surface area contributed by atoms with Crippen molar-refractivity contribution in [1.82, 2.24) is 10.2 Å². The molecular formula is C16H30N2O. The normalized spacial score (nSPS) is 18.4. The molecule has 0 radical (unpaired) electrons. The quantitative estimate of drug-likeness (QED) is 0.444. The zero-order chi connectivity index (χ0) is 13.8. The van der Waals surface area contributed by atoms with Gasteiger partial charge in [0.1, 0.15) is 6.17 Å². The third-order valence-corrected chi connectivity index (χ3v) is 3.54. The van der Waals surface area contributed by atoms with Crippen molar-refractivity contribution < 1.29 is 5.11 Å². The Labute approximate surface area is 118 Å². The van der Waals surface area contributed by atoms with E-state index >= 15 is 0 Å². The van der Waals surface area contributed by atoms with Gasteiger partial charge in [-0.15, -0.1) is 0 Å². The maximum absolute atomic E-state index is 8.95. The van der Waals surface area contributed by atoms with Gasteiger partial charge in [0.15, 0.2) is 0 Å². The Bertz CT molecular complexity index is 263. The Balaban J connectivity index is 1.98. The number of nitrogens with one attached hydrogen (secondary N) is 1. The van der Waals surface area contributed by atoms with E-state index in [1.54, 1.807) is 0 Å². The summed E-state index contributed by atoms with van der Waals surface area (Å²) in [5.41, 5.74) is 0. The Morgan fingerprint density at radius 2 is 1.89 bits per heavy atom. The number of β-amino-alcohol motifs (C(OH)–C–C–N with tert-alkyl or cyclic N) is 1. The Morgan fingerprint density at radius 3 is 2.63 bits per heavy atom. The molecule has 19 heavy (non-hydrogen) atoms. The molecule has 3 nitrogen and oxygen atoms in total. The van der Waals surface area contributed by atoms with Crippen LogP contribution in [0, 0.1) is 0 Å². The van der Waals surface area contributed by atoms with Gasteiger partial charge in [0.25, 0.3) is 0 Å². The van der Waals surface area contributed by atoms with Gasteiger partial charge in [-0.3, -0.25) is 0 Å². The fourth-order valence-electron chi connectivity index (χ4n) is 2.37. The SMILES string of the molecule is CCCCCCCCC/C=C/C1NC=CN1CCO. The third kappa shape index (κ3) is 7.26. The van der Waals surface area contributed by atoms with Gasteiger partial charge < -0.3 is 15.3 Å². The van der Waals surface area contributed by atoms with Crippen LogP contribution in [0.15, 0.2) is 24.6 Å². The van der Waals surface area contributed by atoms with E-state index in [4.69, 9.17) is 5.11 Å². The van der Waals surface area contributed by atoms with Crippen LogP contribution in [0.4, 0.5) is 0 Å². The van der Waals surface area contributed by atoms with Crippen LogP contribution in [0.5, 0.6) is 0 Å². The van der Waals surface area contributed by atoms with Gasteiger partial charge in [-0.05, 0) is 18.9 Å². The molecule has 0 bridgehead atoms. The molecule has 1 aliphatic rings. The minimum absolute atomic E-state index is 0.203. The number of unbranched alkanes of at least 4 members (excludes halogenated alkanes) is 7. The van der Waals surface area contributed by atoms with Crippen LogP contribution >= 0.6 is 0 Å². The van der Waals surface area contributed by atoms with E-state index in [1.807, 2.05) is 12.4 Å². The smallest absolute Gasteiger partial charge is 0.118 e. The second kappa shape index (κ2) is 10.9. The molecule has 1 aliphatic heterocycles. The van der Waals surface area contributed by atoms with Gasteiger partial charge in [-0.2, -0.15) is 0 Å². The maximum atomic E-state index is 8.95. The van der Waals surface area contributed by atoms with Crippen molar-refractivity contribution in [2.24, 2.45) is 0 Å². The summed E-state index contributed by atoms with van der Waals surface area (Å²) in [6.45, 7) is 3.15. The summed E-state index contributed by atoms with van der Waals surface area (Å²) in [6.07, 6.45) is 19.4. The van der Waals surface area contributed by atoms with E-state index in [1.165, 1.54) is 51.4 Å². The van der Waals surface area contributed by atoms with Gasteiger partial charge in [0, 0.05) is 18.9 Å². The number of hydrogen-bond donors (Lipinski definition) is 2. The first-order chi connectivity index (χ1) is 9.38. The van der Waals surface area contributed by atoms with Crippen LogP contribution in [0.1, 0.15) is 58.3 Å². The van der Waals surface area contributed by atoms with E-state index in [-0.39, 0.29) is 12.8 Å². The van der Waals surface area contributed by atoms with Crippen LogP contribution in [-0.4, -0.2) is 29.3 Å². The average Bonchev–Trinajstić information content (AvgIpc) is 2.85. The molecule has 1 rings (SSSR count). The zero-order valence-corrected chi connectivity index (χ0v) is 12.4. The lowest BCUT2D eigenvalue weighted by Gasteiger charge is -2.21. The lowest BCUT2D eigenvalue weighted by atomic mass is 10.1. The Morgan fingerprint density at radius 1 is 1.16 bits per heavy atom. The van der Waals surface area contributed by atoms with Crippen LogP contribution in [0.25, 0.3) is 0 Å². The molecule has 0 aliphatic carbocycles. The summed E-state index contributed by atoms with van der Waals surface area (Å²) in [4.78, 5) is 2.11. The highest BCUT2D eigenvalue weighted by Crippen LogP contribution is 2.10. The molecule has 0 saturated carbocycles. The molecule has 0 aromatic carbocycles. The van der Waals surface area contributed by atoms with Crippen LogP contribution < -0.4 is 5.32 Å². The summed E-state index contributed by atoms with van der Waals surface area (Å²) in [7, 11) is 0. The van der Waals surface area contributed by atoms with Gasteiger partial charge >= 0.3 is 0 Å². The predicted octanol–water partition coefficient (Wildman–Crippen LogP) is 3.38. The van der Waals surface area contributed by atoms with Crippen molar-refractivity contribution in [1.29, 1.82) is 0 Å². The minimum Gasteiger partial charge on any atom is -0.395 e. The Kier molecular flexibility index (Phi) is 9.25. The molecule has 2 N–H and O–H groups in total. The maximum Gasteiger partial charge on any atom is 0.118 e. The first-order valence-electron chi connectivity index (χ1n) is 7.84. The van der Waals surface area contributed by atoms with Gasteiger partial charge in [-0.1, -0.05) is 51.5 Å². The molecule has 0 saturated heterocycles. The highest BCUT2D eigenvalue weighted by molar-refractivity contribution is 5.04.